The van der Waals surface area contributed by atoms with Crippen molar-refractivity contribution in [2.75, 3.05) is 12.3 Å². The summed E-state index contributed by atoms with van der Waals surface area (Å²) >= 11 is 3.21. The Morgan fingerprint density at radius 1 is 1.41 bits per heavy atom. The van der Waals surface area contributed by atoms with Crippen molar-refractivity contribution >= 4 is 39.2 Å². The Labute approximate surface area is 140 Å². The minimum absolute atomic E-state index is 0.0704. The maximum Gasteiger partial charge on any atom is 0.230 e. The van der Waals surface area contributed by atoms with Gasteiger partial charge in [-0.1, -0.05) is 32.5 Å². The number of aryl methyl sites for hydroxylation is 2. The molecule has 22 heavy (non-hydrogen) atoms. The van der Waals surface area contributed by atoms with Crippen LogP contribution < -0.4 is 5.32 Å². The third-order valence-electron chi connectivity index (χ3n) is 3.25. The lowest BCUT2D eigenvalue weighted by molar-refractivity contribution is -0.118. The van der Waals surface area contributed by atoms with Crippen LogP contribution in [0.25, 0.3) is 10.2 Å². The third kappa shape index (κ3) is 4.68. The smallest absolute Gasteiger partial charge is 0.230 e. The fourth-order valence-corrected chi connectivity index (χ4v) is 3.97. The summed E-state index contributed by atoms with van der Waals surface area (Å²) in [5.74, 6) is 1.84. The normalized spacial score (nSPS) is 11.3. The van der Waals surface area contributed by atoms with Crippen molar-refractivity contribution in [3.63, 3.8) is 0 Å². The SMILES string of the molecule is CCc1cc2c(SCC(=O)NCCC(C)C)nc(C)nc2s1. The van der Waals surface area contributed by atoms with Crippen molar-refractivity contribution in [3.05, 3.63) is 16.8 Å². The highest BCUT2D eigenvalue weighted by Crippen LogP contribution is 2.31. The summed E-state index contributed by atoms with van der Waals surface area (Å²) in [6, 6.07) is 2.15. The number of thioether (sulfide) groups is 1. The Morgan fingerprint density at radius 3 is 2.86 bits per heavy atom. The summed E-state index contributed by atoms with van der Waals surface area (Å²) in [6.07, 6.45) is 2.01. The summed E-state index contributed by atoms with van der Waals surface area (Å²) in [4.78, 5) is 23.2. The highest BCUT2D eigenvalue weighted by atomic mass is 32.2. The van der Waals surface area contributed by atoms with E-state index in [1.165, 1.54) is 16.6 Å². The fraction of sp³-hybridized carbons (Fsp3) is 0.562. The Morgan fingerprint density at radius 2 is 2.18 bits per heavy atom. The zero-order valence-corrected chi connectivity index (χ0v) is 15.2. The number of hydrogen-bond donors (Lipinski definition) is 1. The number of fused-ring (bicyclic) bond motifs is 1. The summed E-state index contributed by atoms with van der Waals surface area (Å²) in [5, 5.41) is 4.95. The summed E-state index contributed by atoms with van der Waals surface area (Å²) < 4.78 is 0. The molecule has 0 aliphatic heterocycles. The Bertz CT molecular complexity index is 652. The van der Waals surface area contributed by atoms with Crippen LogP contribution in [0.3, 0.4) is 0 Å². The molecule has 6 heteroatoms. The van der Waals surface area contributed by atoms with E-state index < -0.39 is 0 Å². The second kappa shape index (κ2) is 7.92. The van der Waals surface area contributed by atoms with Crippen LogP contribution in [0.1, 0.15) is 37.9 Å². The molecule has 2 rings (SSSR count). The first-order valence-corrected chi connectivity index (χ1v) is 9.46. The van der Waals surface area contributed by atoms with E-state index in [2.05, 4.69) is 42.1 Å². The molecule has 0 atom stereocenters. The van der Waals surface area contributed by atoms with Gasteiger partial charge in [0.1, 0.15) is 15.7 Å². The molecule has 120 valence electrons. The summed E-state index contributed by atoms with van der Waals surface area (Å²) in [7, 11) is 0. The zero-order valence-electron chi connectivity index (χ0n) is 13.6. The molecule has 0 bridgehead atoms. The number of carbonyl (C=O) groups excluding carboxylic acids is 1. The van der Waals surface area contributed by atoms with Gasteiger partial charge in [-0.25, -0.2) is 9.97 Å². The quantitative estimate of drug-likeness (QED) is 0.616. The van der Waals surface area contributed by atoms with Gasteiger partial charge >= 0.3 is 0 Å². The molecular formula is C16H23N3OS2. The lowest BCUT2D eigenvalue weighted by Gasteiger charge is -2.07. The van der Waals surface area contributed by atoms with Crippen molar-refractivity contribution in [2.24, 2.45) is 5.92 Å². The third-order valence-corrected chi connectivity index (χ3v) is 5.42. The van der Waals surface area contributed by atoms with Gasteiger partial charge < -0.3 is 5.32 Å². The Hall–Kier alpha value is -1.14. The molecule has 4 nitrogen and oxygen atoms in total. The number of aromatic nitrogens is 2. The highest BCUT2D eigenvalue weighted by molar-refractivity contribution is 8.00. The molecule has 0 saturated heterocycles. The molecule has 0 aromatic carbocycles. The number of thiophene rings is 1. The van der Waals surface area contributed by atoms with Crippen LogP contribution in [0.15, 0.2) is 11.1 Å². The minimum Gasteiger partial charge on any atom is -0.355 e. The Balaban J connectivity index is 2.01. The van der Waals surface area contributed by atoms with Crippen molar-refractivity contribution in [2.45, 2.75) is 45.6 Å². The number of nitrogens with one attached hydrogen (secondary N) is 1. The number of amides is 1. The monoisotopic (exact) mass is 337 g/mol. The lowest BCUT2D eigenvalue weighted by Crippen LogP contribution is -2.26. The minimum atomic E-state index is 0.0704. The predicted octanol–water partition coefficient (Wildman–Crippen LogP) is 3.82. The first-order chi connectivity index (χ1) is 10.5. The standard InChI is InChI=1S/C16H23N3OS2/c1-5-12-8-13-15(18-11(4)19-16(13)22-12)21-9-14(20)17-7-6-10(2)3/h8,10H,5-7,9H2,1-4H3,(H,17,20). The van der Waals surface area contributed by atoms with Gasteiger partial charge in [0.05, 0.1) is 5.75 Å². The van der Waals surface area contributed by atoms with E-state index in [-0.39, 0.29) is 5.91 Å². The molecule has 0 aliphatic carbocycles. The van der Waals surface area contributed by atoms with E-state index in [1.54, 1.807) is 11.3 Å². The molecule has 1 amide bonds. The molecule has 0 unspecified atom stereocenters. The molecule has 1 N–H and O–H groups in total. The second-order valence-corrected chi connectivity index (χ2v) is 7.76. The molecule has 2 aromatic rings. The van der Waals surface area contributed by atoms with Gasteiger partial charge in [-0.15, -0.1) is 11.3 Å². The van der Waals surface area contributed by atoms with Crippen molar-refractivity contribution in [1.29, 1.82) is 0 Å². The molecule has 0 aliphatic rings. The van der Waals surface area contributed by atoms with E-state index in [1.807, 2.05) is 6.92 Å². The van der Waals surface area contributed by atoms with Crippen molar-refractivity contribution in [1.82, 2.24) is 15.3 Å². The van der Waals surface area contributed by atoms with Gasteiger partial charge in [0.15, 0.2) is 0 Å². The lowest BCUT2D eigenvalue weighted by atomic mass is 10.1. The van der Waals surface area contributed by atoms with Gasteiger partial charge in [0.25, 0.3) is 0 Å². The number of nitrogens with zero attached hydrogens (tertiary/aromatic N) is 2. The van der Waals surface area contributed by atoms with E-state index in [9.17, 15) is 4.79 Å². The number of carbonyl (C=O) groups is 1. The fourth-order valence-electron chi connectivity index (χ4n) is 2.02. The molecule has 0 spiro atoms. The number of hydrogen-bond acceptors (Lipinski definition) is 5. The van der Waals surface area contributed by atoms with E-state index in [4.69, 9.17) is 0 Å². The molecule has 2 heterocycles. The van der Waals surface area contributed by atoms with Crippen LogP contribution >= 0.6 is 23.1 Å². The molecule has 0 saturated carbocycles. The van der Waals surface area contributed by atoms with Crippen LogP contribution in [0.2, 0.25) is 0 Å². The summed E-state index contributed by atoms with van der Waals surface area (Å²) in [6.45, 7) is 9.09. The zero-order chi connectivity index (χ0) is 16.1. The maximum atomic E-state index is 11.9. The van der Waals surface area contributed by atoms with Crippen LogP contribution in [-0.4, -0.2) is 28.2 Å². The Kier molecular flexibility index (Phi) is 6.20. The molecule has 0 radical (unpaired) electrons. The first kappa shape index (κ1) is 17.2. The van der Waals surface area contributed by atoms with E-state index >= 15 is 0 Å². The maximum absolute atomic E-state index is 11.9. The van der Waals surface area contributed by atoms with Crippen molar-refractivity contribution < 1.29 is 4.79 Å². The van der Waals surface area contributed by atoms with Crippen LogP contribution in [0.4, 0.5) is 0 Å². The molecule has 0 fully saturated rings. The van der Waals surface area contributed by atoms with Gasteiger partial charge in [0.2, 0.25) is 5.91 Å². The van der Waals surface area contributed by atoms with Crippen LogP contribution in [0, 0.1) is 12.8 Å². The summed E-state index contributed by atoms with van der Waals surface area (Å²) in [5.41, 5.74) is 0. The molecule has 2 aromatic heterocycles. The van der Waals surface area contributed by atoms with Gasteiger partial charge in [-0.05, 0) is 31.7 Å². The van der Waals surface area contributed by atoms with Gasteiger partial charge in [0, 0.05) is 16.8 Å². The van der Waals surface area contributed by atoms with E-state index in [0.29, 0.717) is 11.7 Å². The highest BCUT2D eigenvalue weighted by Gasteiger charge is 2.12. The first-order valence-electron chi connectivity index (χ1n) is 7.66. The topological polar surface area (TPSA) is 54.9 Å². The van der Waals surface area contributed by atoms with E-state index in [0.717, 1.165) is 40.5 Å². The van der Waals surface area contributed by atoms with Crippen LogP contribution in [-0.2, 0) is 11.2 Å². The van der Waals surface area contributed by atoms with Crippen LogP contribution in [0.5, 0.6) is 0 Å². The molecular weight excluding hydrogens is 314 g/mol. The van der Waals surface area contributed by atoms with Crippen molar-refractivity contribution in [3.8, 4) is 0 Å². The average molecular weight is 338 g/mol. The van der Waals surface area contributed by atoms with Gasteiger partial charge in [-0.2, -0.15) is 0 Å². The predicted molar refractivity (Wildman–Crippen MR) is 94.7 cm³/mol. The second-order valence-electron chi connectivity index (χ2n) is 5.68. The largest absolute Gasteiger partial charge is 0.355 e. The number of rotatable bonds is 7. The average Bonchev–Trinajstić information content (AvgIpc) is 2.87. The van der Waals surface area contributed by atoms with Gasteiger partial charge in [-0.3, -0.25) is 4.79 Å².